The monoisotopic (exact) mass is 522 g/mol. The van der Waals surface area contributed by atoms with Gasteiger partial charge < -0.3 is 15.0 Å². The first-order chi connectivity index (χ1) is 17.5. The number of halogens is 1. The summed E-state index contributed by atoms with van der Waals surface area (Å²) in [5.74, 6) is 1.77. The lowest BCUT2D eigenvalue weighted by atomic mass is 10.0. The molecule has 196 valence electrons. The van der Waals surface area contributed by atoms with Gasteiger partial charge in [-0.1, -0.05) is 44.2 Å². The molecule has 0 bridgehead atoms. The molecule has 1 atom stereocenters. The number of nitrogens with zero attached hydrogens (tertiary/aromatic N) is 5. The Kier molecular flexibility index (Phi) is 10.1. The number of aryl methyl sites for hydroxylation is 2. The van der Waals surface area contributed by atoms with Crippen molar-refractivity contribution in [1.29, 1.82) is 5.26 Å². The van der Waals surface area contributed by atoms with Gasteiger partial charge in [0.1, 0.15) is 24.0 Å². The van der Waals surface area contributed by atoms with Crippen LogP contribution in [0.1, 0.15) is 48.6 Å². The summed E-state index contributed by atoms with van der Waals surface area (Å²) in [4.78, 5) is 17.3. The molecule has 8 nitrogen and oxygen atoms in total. The molecule has 1 aliphatic heterocycles. The summed E-state index contributed by atoms with van der Waals surface area (Å²) < 4.78 is 6.12. The first-order valence-corrected chi connectivity index (χ1v) is 12.5. The second kappa shape index (κ2) is 13.2. The molecule has 1 saturated heterocycles. The fourth-order valence-electron chi connectivity index (χ4n) is 4.53. The summed E-state index contributed by atoms with van der Waals surface area (Å²) in [5, 5.41) is 14.7. The van der Waals surface area contributed by atoms with Gasteiger partial charge in [0.2, 0.25) is 5.95 Å². The molecule has 0 amide bonds. The number of rotatable bonds is 10. The van der Waals surface area contributed by atoms with Gasteiger partial charge in [-0.05, 0) is 55.8 Å². The van der Waals surface area contributed by atoms with Gasteiger partial charge in [0, 0.05) is 18.7 Å². The number of nitriles is 1. The van der Waals surface area contributed by atoms with E-state index in [2.05, 4.69) is 52.2 Å². The first-order valence-electron chi connectivity index (χ1n) is 12.5. The highest BCUT2D eigenvalue weighted by molar-refractivity contribution is 5.85. The molecule has 37 heavy (non-hydrogen) atoms. The summed E-state index contributed by atoms with van der Waals surface area (Å²) in [7, 11) is 0. The second-order valence-electron chi connectivity index (χ2n) is 8.86. The zero-order valence-electron chi connectivity index (χ0n) is 21.9. The average Bonchev–Trinajstić information content (AvgIpc) is 3.38. The summed E-state index contributed by atoms with van der Waals surface area (Å²) >= 11 is 0. The van der Waals surface area contributed by atoms with Crippen molar-refractivity contribution in [1.82, 2.24) is 14.9 Å². The third-order valence-corrected chi connectivity index (χ3v) is 6.45. The van der Waals surface area contributed by atoms with E-state index >= 15 is 0 Å². The number of ether oxygens (including phenoxy) is 1. The summed E-state index contributed by atoms with van der Waals surface area (Å²) in [6.07, 6.45) is 2.36. The Morgan fingerprint density at radius 2 is 1.86 bits per heavy atom. The molecule has 2 aromatic carbocycles. The van der Waals surface area contributed by atoms with Crippen molar-refractivity contribution in [2.45, 2.75) is 40.2 Å². The van der Waals surface area contributed by atoms with Gasteiger partial charge in [0.05, 0.1) is 18.8 Å². The van der Waals surface area contributed by atoms with E-state index < -0.39 is 0 Å². The third-order valence-electron chi connectivity index (χ3n) is 6.45. The number of hydrogen-bond acceptors (Lipinski definition) is 8. The van der Waals surface area contributed by atoms with Crippen molar-refractivity contribution in [2.24, 2.45) is 0 Å². The number of hydroxylamine groups is 1. The normalized spacial score (nSPS) is 14.8. The van der Waals surface area contributed by atoms with Crippen molar-refractivity contribution in [2.75, 3.05) is 43.2 Å². The van der Waals surface area contributed by atoms with Crippen LogP contribution in [0.15, 0.2) is 48.7 Å². The van der Waals surface area contributed by atoms with E-state index in [-0.39, 0.29) is 18.4 Å². The van der Waals surface area contributed by atoms with E-state index in [0.717, 1.165) is 54.2 Å². The van der Waals surface area contributed by atoms with Crippen molar-refractivity contribution in [3.8, 4) is 11.8 Å². The van der Waals surface area contributed by atoms with Crippen LogP contribution in [0, 0.1) is 25.2 Å². The molecule has 1 aliphatic rings. The Balaban J connectivity index is 0.00000380. The van der Waals surface area contributed by atoms with Gasteiger partial charge in [0.15, 0.2) is 5.82 Å². The number of nitrogens with one attached hydrogen (secondary N) is 1. The van der Waals surface area contributed by atoms with Crippen molar-refractivity contribution in [3.63, 3.8) is 0 Å². The van der Waals surface area contributed by atoms with E-state index in [4.69, 9.17) is 9.57 Å². The summed E-state index contributed by atoms with van der Waals surface area (Å²) in [6.45, 7) is 12.5. The van der Waals surface area contributed by atoms with Crippen molar-refractivity contribution >= 4 is 29.9 Å². The molecule has 9 heteroatoms. The topological polar surface area (TPSA) is 86.5 Å². The molecule has 1 fully saturated rings. The Morgan fingerprint density at radius 3 is 2.51 bits per heavy atom. The second-order valence-corrected chi connectivity index (χ2v) is 8.86. The SMILES string of the molecule is CCN(CC)CCOc1c(C)cc(Nc2ncc(C#N)c(N3OCC[C@H]3c3ccccc3)n2)cc1C.Cl. The standard InChI is InChI=1S/C28H34N6O2.ClH/c1-5-33(6-2)13-15-35-26-20(3)16-24(17-21(26)4)31-28-30-19-23(18-29)27(32-28)34-25(12-14-36-34)22-10-8-7-9-11-22;/h7-11,16-17,19,25H,5-6,12-15H2,1-4H3,(H,30,31,32);1H/t25-;/m0./s1. The van der Waals surface area contributed by atoms with Crippen LogP contribution < -0.4 is 15.1 Å². The minimum absolute atomic E-state index is 0. The maximum absolute atomic E-state index is 9.71. The van der Waals surface area contributed by atoms with Crippen LogP contribution in [0.5, 0.6) is 5.75 Å². The van der Waals surface area contributed by atoms with E-state index in [0.29, 0.717) is 30.5 Å². The summed E-state index contributed by atoms with van der Waals surface area (Å²) in [5.41, 5.74) is 4.43. The molecule has 2 heterocycles. The maximum Gasteiger partial charge on any atom is 0.229 e. The van der Waals surface area contributed by atoms with Crippen LogP contribution in [0.25, 0.3) is 0 Å². The minimum atomic E-state index is -0.0155. The Hall–Kier alpha value is -3.38. The van der Waals surface area contributed by atoms with E-state index in [9.17, 15) is 5.26 Å². The summed E-state index contributed by atoms with van der Waals surface area (Å²) in [6, 6.07) is 16.4. The van der Waals surface area contributed by atoms with Crippen LogP contribution in [-0.4, -0.2) is 47.7 Å². The lowest BCUT2D eigenvalue weighted by Crippen LogP contribution is -2.28. The van der Waals surface area contributed by atoms with Crippen LogP contribution >= 0.6 is 12.4 Å². The molecule has 1 aromatic heterocycles. The zero-order valence-corrected chi connectivity index (χ0v) is 22.7. The van der Waals surface area contributed by atoms with Crippen LogP contribution in [0.4, 0.5) is 17.5 Å². The zero-order chi connectivity index (χ0) is 25.5. The largest absolute Gasteiger partial charge is 0.492 e. The van der Waals surface area contributed by atoms with Crippen LogP contribution in [0.3, 0.4) is 0 Å². The average molecular weight is 523 g/mol. The predicted molar refractivity (Wildman–Crippen MR) is 149 cm³/mol. The van der Waals surface area contributed by atoms with Gasteiger partial charge in [-0.2, -0.15) is 10.2 Å². The Labute approximate surface area is 225 Å². The van der Waals surface area contributed by atoms with Gasteiger partial charge in [-0.3, -0.25) is 4.84 Å². The van der Waals surface area contributed by atoms with E-state index in [1.54, 1.807) is 11.3 Å². The number of hydrogen-bond donors (Lipinski definition) is 1. The third kappa shape index (κ3) is 6.69. The predicted octanol–water partition coefficient (Wildman–Crippen LogP) is 5.73. The number of benzene rings is 2. The van der Waals surface area contributed by atoms with E-state index in [1.807, 2.05) is 44.2 Å². The molecule has 3 aromatic rings. The first kappa shape index (κ1) is 28.2. The van der Waals surface area contributed by atoms with Crippen LogP contribution in [-0.2, 0) is 4.84 Å². The van der Waals surface area contributed by atoms with E-state index in [1.165, 1.54) is 0 Å². The van der Waals surface area contributed by atoms with Gasteiger partial charge in [-0.15, -0.1) is 12.4 Å². The maximum atomic E-state index is 9.71. The fourth-order valence-corrected chi connectivity index (χ4v) is 4.53. The number of aromatic nitrogens is 2. The van der Waals surface area contributed by atoms with Crippen LogP contribution in [0.2, 0.25) is 0 Å². The van der Waals surface area contributed by atoms with Gasteiger partial charge >= 0.3 is 0 Å². The van der Waals surface area contributed by atoms with Crippen molar-refractivity contribution < 1.29 is 9.57 Å². The number of anilines is 3. The molecule has 4 rings (SSSR count). The van der Waals surface area contributed by atoms with Gasteiger partial charge in [-0.25, -0.2) is 10.0 Å². The molecule has 0 aliphatic carbocycles. The highest BCUT2D eigenvalue weighted by Gasteiger charge is 2.31. The number of likely N-dealkylation sites (N-methyl/N-ethyl adjacent to an activating group) is 1. The quantitative estimate of drug-likeness (QED) is 0.361. The van der Waals surface area contributed by atoms with Crippen molar-refractivity contribution in [3.05, 3.63) is 70.9 Å². The Bertz CT molecular complexity index is 1190. The highest BCUT2D eigenvalue weighted by Crippen LogP contribution is 2.36. The molecule has 0 spiro atoms. The Morgan fingerprint density at radius 1 is 1.16 bits per heavy atom. The smallest absolute Gasteiger partial charge is 0.229 e. The molecule has 1 N–H and O–H groups in total. The molecular formula is C28H35ClN6O2. The lowest BCUT2D eigenvalue weighted by Gasteiger charge is -2.24. The minimum Gasteiger partial charge on any atom is -0.492 e. The lowest BCUT2D eigenvalue weighted by molar-refractivity contribution is 0.156. The molecule has 0 unspecified atom stereocenters. The molecular weight excluding hydrogens is 488 g/mol. The molecule has 0 radical (unpaired) electrons. The fraction of sp³-hybridized carbons (Fsp3) is 0.393. The highest BCUT2D eigenvalue weighted by atomic mass is 35.5. The molecule has 0 saturated carbocycles. The van der Waals surface area contributed by atoms with Gasteiger partial charge in [0.25, 0.3) is 0 Å².